The molecule has 0 spiro atoms. The van der Waals surface area contributed by atoms with Gasteiger partial charge < -0.3 is 13.4 Å². The van der Waals surface area contributed by atoms with Crippen LogP contribution in [-0.2, 0) is 0 Å². The van der Waals surface area contributed by atoms with Gasteiger partial charge in [-0.3, -0.25) is 0 Å². The predicted molar refractivity (Wildman–Crippen MR) is 212 cm³/mol. The zero-order valence-electron chi connectivity index (χ0n) is 27.5. The topological polar surface area (TPSA) is 31.2 Å². The molecule has 0 aliphatic carbocycles. The van der Waals surface area contributed by atoms with Crippen LogP contribution in [-0.4, -0.2) is 4.57 Å². The van der Waals surface area contributed by atoms with E-state index in [0.29, 0.717) is 0 Å². The third-order valence-electron chi connectivity index (χ3n) is 10.4. The normalized spacial score (nSPS) is 11.9. The molecule has 51 heavy (non-hydrogen) atoms. The van der Waals surface area contributed by atoms with E-state index < -0.39 is 0 Å². The molecule has 0 aliphatic rings. The summed E-state index contributed by atoms with van der Waals surface area (Å²) in [6.07, 6.45) is 0. The number of rotatable bonds is 4. The van der Waals surface area contributed by atoms with Crippen molar-refractivity contribution in [1.29, 1.82) is 0 Å². The van der Waals surface area contributed by atoms with Crippen LogP contribution in [0.2, 0.25) is 0 Å². The first kappa shape index (κ1) is 28.0. The highest BCUT2D eigenvalue weighted by Gasteiger charge is 2.19. The molecule has 11 rings (SSSR count). The Morgan fingerprint density at radius 3 is 1.65 bits per heavy atom. The highest BCUT2D eigenvalue weighted by atomic mass is 16.3. The summed E-state index contributed by atoms with van der Waals surface area (Å²) < 4.78 is 15.2. The summed E-state index contributed by atoms with van der Waals surface area (Å²) in [6.45, 7) is 0. The average molecular weight is 652 g/mol. The van der Waals surface area contributed by atoms with Crippen molar-refractivity contribution in [3.63, 3.8) is 0 Å². The van der Waals surface area contributed by atoms with Crippen molar-refractivity contribution < 1.29 is 8.83 Å². The van der Waals surface area contributed by atoms with Crippen molar-refractivity contribution in [3.8, 4) is 39.1 Å². The smallest absolute Gasteiger partial charge is 0.159 e. The number of para-hydroxylation sites is 3. The summed E-state index contributed by atoms with van der Waals surface area (Å²) in [4.78, 5) is 0. The van der Waals surface area contributed by atoms with Gasteiger partial charge in [0, 0.05) is 32.3 Å². The van der Waals surface area contributed by atoms with Crippen LogP contribution in [0.1, 0.15) is 0 Å². The zero-order chi connectivity index (χ0) is 33.5. The summed E-state index contributed by atoms with van der Waals surface area (Å²) >= 11 is 0. The van der Waals surface area contributed by atoms with Gasteiger partial charge in [0.2, 0.25) is 0 Å². The summed E-state index contributed by atoms with van der Waals surface area (Å²) in [5.74, 6) is 0. The van der Waals surface area contributed by atoms with Gasteiger partial charge in [0.15, 0.2) is 5.58 Å². The maximum atomic E-state index is 6.72. The SMILES string of the molecule is c1ccc(-c2ccc3c(c2)c2ccccc2n3-c2cccc3c2oc2ccc(-c4cccc(-c5ccc6oc7ccccc7c6c5)c4)cc23)cc1. The van der Waals surface area contributed by atoms with Gasteiger partial charge in [-0.1, -0.05) is 115 Å². The lowest BCUT2D eigenvalue weighted by Gasteiger charge is -2.09. The number of hydrogen-bond acceptors (Lipinski definition) is 2. The largest absolute Gasteiger partial charge is 0.456 e. The van der Waals surface area contributed by atoms with Gasteiger partial charge in [-0.05, 0) is 94.0 Å². The molecule has 0 fully saturated rings. The van der Waals surface area contributed by atoms with Crippen LogP contribution in [0.3, 0.4) is 0 Å². The molecule has 0 aliphatic heterocycles. The molecule has 3 nitrogen and oxygen atoms in total. The Labute approximate surface area is 293 Å². The van der Waals surface area contributed by atoms with Gasteiger partial charge in [0.05, 0.1) is 16.7 Å². The second kappa shape index (κ2) is 10.8. The van der Waals surface area contributed by atoms with Crippen LogP contribution < -0.4 is 0 Å². The van der Waals surface area contributed by atoms with Crippen LogP contribution in [0, 0.1) is 0 Å². The molecule has 0 N–H and O–H groups in total. The lowest BCUT2D eigenvalue weighted by molar-refractivity contribution is 0.666. The Kier molecular flexibility index (Phi) is 5.96. The second-order valence-electron chi connectivity index (χ2n) is 13.3. The third-order valence-corrected chi connectivity index (χ3v) is 10.4. The highest BCUT2D eigenvalue weighted by molar-refractivity contribution is 6.14. The molecular formula is C48H29NO2. The fourth-order valence-electron chi connectivity index (χ4n) is 7.97. The van der Waals surface area contributed by atoms with Gasteiger partial charge in [0.1, 0.15) is 16.7 Å². The number of furan rings is 2. The molecule has 0 amide bonds. The molecule has 0 bridgehead atoms. The Morgan fingerprint density at radius 1 is 0.294 bits per heavy atom. The average Bonchev–Trinajstić information content (AvgIpc) is 3.87. The Morgan fingerprint density at radius 2 is 0.824 bits per heavy atom. The molecule has 3 heterocycles. The van der Waals surface area contributed by atoms with E-state index in [1.54, 1.807) is 0 Å². The highest BCUT2D eigenvalue weighted by Crippen LogP contribution is 2.41. The molecule has 8 aromatic carbocycles. The minimum Gasteiger partial charge on any atom is -0.456 e. The first-order chi connectivity index (χ1) is 25.3. The standard InChI is InChI=1S/C48H29NO2/c1-2-10-30(11-3-1)33-20-23-43-39(27-33)36-14-4-6-17-42(36)49(43)44-18-9-16-38-41-29-35(22-25-47(41)51-48(38)44)32-13-8-12-31(26-32)34-21-24-46-40(28-34)37-15-5-7-19-45(37)50-46/h1-29H. The molecule has 0 saturated heterocycles. The summed E-state index contributed by atoms with van der Waals surface area (Å²) in [5.41, 5.74) is 14.0. The summed E-state index contributed by atoms with van der Waals surface area (Å²) in [7, 11) is 0. The molecule has 3 aromatic heterocycles. The molecule has 3 heteroatoms. The van der Waals surface area contributed by atoms with Crippen LogP contribution in [0.15, 0.2) is 185 Å². The fourth-order valence-corrected chi connectivity index (χ4v) is 7.97. The summed E-state index contributed by atoms with van der Waals surface area (Å²) in [5, 5.41) is 6.93. The van der Waals surface area contributed by atoms with E-state index in [1.807, 2.05) is 12.1 Å². The Hall–Kier alpha value is -6.84. The van der Waals surface area contributed by atoms with Gasteiger partial charge in [-0.15, -0.1) is 0 Å². The number of aromatic nitrogens is 1. The van der Waals surface area contributed by atoms with Gasteiger partial charge in [0.25, 0.3) is 0 Å². The minimum absolute atomic E-state index is 0.877. The second-order valence-corrected chi connectivity index (χ2v) is 13.3. The van der Waals surface area contributed by atoms with Crippen LogP contribution in [0.25, 0.3) is 105 Å². The lowest BCUT2D eigenvalue weighted by Crippen LogP contribution is -1.94. The van der Waals surface area contributed by atoms with Gasteiger partial charge in [-0.2, -0.15) is 0 Å². The first-order valence-corrected chi connectivity index (χ1v) is 17.3. The van der Waals surface area contributed by atoms with Crippen molar-refractivity contribution in [2.24, 2.45) is 0 Å². The van der Waals surface area contributed by atoms with Crippen molar-refractivity contribution in [1.82, 2.24) is 4.57 Å². The maximum Gasteiger partial charge on any atom is 0.159 e. The molecular weight excluding hydrogens is 623 g/mol. The van der Waals surface area contributed by atoms with Crippen molar-refractivity contribution in [2.45, 2.75) is 0 Å². The van der Waals surface area contributed by atoms with E-state index >= 15 is 0 Å². The third kappa shape index (κ3) is 4.32. The first-order valence-electron chi connectivity index (χ1n) is 17.3. The van der Waals surface area contributed by atoms with E-state index in [1.165, 1.54) is 27.5 Å². The molecule has 0 saturated carbocycles. The van der Waals surface area contributed by atoms with Crippen molar-refractivity contribution >= 4 is 65.7 Å². The van der Waals surface area contributed by atoms with E-state index in [4.69, 9.17) is 8.83 Å². The molecule has 0 unspecified atom stereocenters. The van der Waals surface area contributed by atoms with Crippen LogP contribution >= 0.6 is 0 Å². The summed E-state index contributed by atoms with van der Waals surface area (Å²) in [6, 6.07) is 62.6. The quantitative estimate of drug-likeness (QED) is 0.190. The van der Waals surface area contributed by atoms with Crippen LogP contribution in [0.4, 0.5) is 0 Å². The minimum atomic E-state index is 0.877. The van der Waals surface area contributed by atoms with Gasteiger partial charge in [-0.25, -0.2) is 0 Å². The predicted octanol–water partition coefficient (Wildman–Crippen LogP) is 13.6. The number of hydrogen-bond donors (Lipinski definition) is 0. The number of fused-ring (bicyclic) bond motifs is 9. The van der Waals surface area contributed by atoms with Crippen LogP contribution in [0.5, 0.6) is 0 Å². The number of benzene rings is 8. The van der Waals surface area contributed by atoms with E-state index in [9.17, 15) is 0 Å². The fraction of sp³-hybridized carbons (Fsp3) is 0. The lowest BCUT2D eigenvalue weighted by atomic mass is 9.97. The monoisotopic (exact) mass is 651 g/mol. The zero-order valence-corrected chi connectivity index (χ0v) is 27.5. The Bertz CT molecular complexity index is 3140. The van der Waals surface area contributed by atoms with E-state index in [0.717, 1.165) is 77.3 Å². The molecule has 11 aromatic rings. The van der Waals surface area contributed by atoms with E-state index in [-0.39, 0.29) is 0 Å². The maximum absolute atomic E-state index is 6.72. The van der Waals surface area contributed by atoms with Gasteiger partial charge >= 0.3 is 0 Å². The molecule has 0 radical (unpaired) electrons. The van der Waals surface area contributed by atoms with Crippen molar-refractivity contribution in [2.75, 3.05) is 0 Å². The molecule has 238 valence electrons. The van der Waals surface area contributed by atoms with Crippen molar-refractivity contribution in [3.05, 3.63) is 176 Å². The molecule has 0 atom stereocenters. The number of nitrogens with zero attached hydrogens (tertiary/aromatic N) is 1. The Balaban J connectivity index is 1.04. The van der Waals surface area contributed by atoms with E-state index in [2.05, 4.69) is 168 Å².